The summed E-state index contributed by atoms with van der Waals surface area (Å²) in [5.74, 6) is 0.216. The van der Waals surface area contributed by atoms with Gasteiger partial charge in [0.1, 0.15) is 0 Å². The van der Waals surface area contributed by atoms with Gasteiger partial charge in [0, 0.05) is 54.4 Å². The van der Waals surface area contributed by atoms with Gasteiger partial charge in [-0.05, 0) is 38.5 Å². The number of likely N-dealkylation sites (tertiary alicyclic amines) is 1. The lowest BCUT2D eigenvalue weighted by Gasteiger charge is -2.14. The van der Waals surface area contributed by atoms with Crippen LogP contribution in [0.1, 0.15) is 22.6 Å². The molecule has 130 valence electrons. The average Bonchev–Trinajstić information content (AvgIpc) is 3.13. The van der Waals surface area contributed by atoms with E-state index in [0.29, 0.717) is 6.54 Å². The lowest BCUT2D eigenvalue weighted by atomic mass is 10.00. The first-order chi connectivity index (χ1) is 12.1. The number of pyridine rings is 1. The SMILES string of the molecule is Cc1cc(C)n2ncc(CN3C[C@@H](Cc4ccccn4)[C@H](O)C3)c2n1. The summed E-state index contributed by atoms with van der Waals surface area (Å²) >= 11 is 0. The van der Waals surface area contributed by atoms with Crippen LogP contribution in [0, 0.1) is 19.8 Å². The van der Waals surface area contributed by atoms with Crippen molar-refractivity contribution >= 4 is 5.65 Å². The Kier molecular flexibility index (Phi) is 4.23. The fourth-order valence-electron chi connectivity index (χ4n) is 3.73. The zero-order valence-electron chi connectivity index (χ0n) is 14.6. The van der Waals surface area contributed by atoms with Crippen LogP contribution < -0.4 is 0 Å². The van der Waals surface area contributed by atoms with Crippen LogP contribution in [-0.4, -0.2) is 48.8 Å². The van der Waals surface area contributed by atoms with Crippen molar-refractivity contribution in [2.24, 2.45) is 5.92 Å². The summed E-state index contributed by atoms with van der Waals surface area (Å²) in [6.45, 7) is 6.35. The van der Waals surface area contributed by atoms with Crippen molar-refractivity contribution in [1.29, 1.82) is 0 Å². The van der Waals surface area contributed by atoms with Crippen LogP contribution >= 0.6 is 0 Å². The Labute approximate surface area is 147 Å². The first-order valence-corrected chi connectivity index (χ1v) is 8.71. The van der Waals surface area contributed by atoms with Gasteiger partial charge in [0.2, 0.25) is 0 Å². The van der Waals surface area contributed by atoms with E-state index in [1.54, 1.807) is 0 Å². The van der Waals surface area contributed by atoms with Crippen molar-refractivity contribution in [2.45, 2.75) is 32.9 Å². The topological polar surface area (TPSA) is 66.5 Å². The highest BCUT2D eigenvalue weighted by molar-refractivity contribution is 5.47. The van der Waals surface area contributed by atoms with Gasteiger partial charge in [0.15, 0.2) is 5.65 Å². The number of aryl methyl sites for hydroxylation is 2. The second kappa shape index (κ2) is 6.54. The summed E-state index contributed by atoms with van der Waals surface area (Å²) in [6, 6.07) is 7.97. The molecular weight excluding hydrogens is 314 g/mol. The van der Waals surface area contributed by atoms with E-state index in [9.17, 15) is 5.11 Å². The molecule has 6 nitrogen and oxygen atoms in total. The van der Waals surface area contributed by atoms with Gasteiger partial charge >= 0.3 is 0 Å². The lowest BCUT2D eigenvalue weighted by molar-refractivity contribution is 0.140. The maximum atomic E-state index is 10.4. The first-order valence-electron chi connectivity index (χ1n) is 8.71. The zero-order chi connectivity index (χ0) is 17.4. The molecule has 0 aromatic carbocycles. The highest BCUT2D eigenvalue weighted by atomic mass is 16.3. The van der Waals surface area contributed by atoms with E-state index in [4.69, 9.17) is 0 Å². The summed E-state index contributed by atoms with van der Waals surface area (Å²) in [7, 11) is 0. The van der Waals surface area contributed by atoms with Gasteiger partial charge in [-0.1, -0.05) is 6.07 Å². The van der Waals surface area contributed by atoms with E-state index in [-0.39, 0.29) is 12.0 Å². The Balaban J connectivity index is 1.49. The quantitative estimate of drug-likeness (QED) is 0.786. The predicted octanol–water partition coefficient (Wildman–Crippen LogP) is 1.78. The van der Waals surface area contributed by atoms with Crippen molar-refractivity contribution in [3.05, 3.63) is 59.3 Å². The van der Waals surface area contributed by atoms with Crippen LogP contribution in [-0.2, 0) is 13.0 Å². The van der Waals surface area contributed by atoms with Crippen LogP contribution in [0.3, 0.4) is 0 Å². The lowest BCUT2D eigenvalue weighted by Crippen LogP contribution is -2.21. The van der Waals surface area contributed by atoms with Crippen molar-refractivity contribution in [3.8, 4) is 0 Å². The molecule has 4 heterocycles. The summed E-state index contributed by atoms with van der Waals surface area (Å²) in [4.78, 5) is 11.3. The number of rotatable bonds is 4. The normalized spacial score (nSPS) is 21.2. The molecule has 0 radical (unpaired) electrons. The van der Waals surface area contributed by atoms with Gasteiger partial charge in [0.25, 0.3) is 0 Å². The molecule has 25 heavy (non-hydrogen) atoms. The number of β-amino-alcohol motifs (C(OH)–C–C–N with tert-alkyl or cyclic N) is 1. The largest absolute Gasteiger partial charge is 0.391 e. The minimum Gasteiger partial charge on any atom is -0.391 e. The standard InChI is InChI=1S/C19H23N5O/c1-13-7-14(2)24-19(22-13)16(9-21-24)11-23-10-15(18(25)12-23)8-17-5-3-4-6-20-17/h3-7,9,15,18,25H,8,10-12H2,1-2H3/t15-,18-/m1/s1. The Hall–Kier alpha value is -2.31. The smallest absolute Gasteiger partial charge is 0.159 e. The second-order valence-electron chi connectivity index (χ2n) is 6.99. The molecule has 0 aliphatic carbocycles. The maximum Gasteiger partial charge on any atom is 0.159 e. The maximum absolute atomic E-state index is 10.4. The van der Waals surface area contributed by atoms with Crippen LogP contribution in [0.2, 0.25) is 0 Å². The van der Waals surface area contributed by atoms with Gasteiger partial charge in [-0.25, -0.2) is 9.50 Å². The van der Waals surface area contributed by atoms with E-state index in [0.717, 1.165) is 47.8 Å². The number of fused-ring (bicyclic) bond motifs is 1. The molecule has 1 N–H and O–H groups in total. The monoisotopic (exact) mass is 337 g/mol. The van der Waals surface area contributed by atoms with Crippen LogP contribution in [0.15, 0.2) is 36.7 Å². The number of aromatic nitrogens is 4. The molecule has 0 saturated carbocycles. The van der Waals surface area contributed by atoms with Gasteiger partial charge in [-0.3, -0.25) is 9.88 Å². The molecule has 1 aliphatic heterocycles. The molecule has 1 saturated heterocycles. The molecule has 3 aromatic rings. The molecule has 0 bridgehead atoms. The molecule has 0 spiro atoms. The number of hydrogen-bond donors (Lipinski definition) is 1. The summed E-state index contributed by atoms with van der Waals surface area (Å²) in [5, 5.41) is 14.9. The molecule has 1 fully saturated rings. The molecule has 4 rings (SSSR count). The molecule has 2 atom stereocenters. The third kappa shape index (κ3) is 3.27. The van der Waals surface area contributed by atoms with E-state index < -0.39 is 0 Å². The third-order valence-electron chi connectivity index (χ3n) is 4.92. The first kappa shape index (κ1) is 16.2. The second-order valence-corrected chi connectivity index (χ2v) is 6.99. The molecule has 0 amide bonds. The van der Waals surface area contributed by atoms with Gasteiger partial charge < -0.3 is 5.11 Å². The van der Waals surface area contributed by atoms with Crippen molar-refractivity contribution in [1.82, 2.24) is 24.5 Å². The number of nitrogens with zero attached hydrogens (tertiary/aromatic N) is 5. The Morgan fingerprint density at radius 2 is 2.12 bits per heavy atom. The van der Waals surface area contributed by atoms with Gasteiger partial charge in [0.05, 0.1) is 12.3 Å². The van der Waals surface area contributed by atoms with Gasteiger partial charge in [-0.2, -0.15) is 5.10 Å². The number of aliphatic hydroxyl groups excluding tert-OH is 1. The van der Waals surface area contributed by atoms with Crippen molar-refractivity contribution in [2.75, 3.05) is 13.1 Å². The molecular formula is C19H23N5O. The fraction of sp³-hybridized carbons (Fsp3) is 0.421. The summed E-state index contributed by atoms with van der Waals surface area (Å²) < 4.78 is 1.89. The van der Waals surface area contributed by atoms with Crippen molar-refractivity contribution in [3.63, 3.8) is 0 Å². The van der Waals surface area contributed by atoms with E-state index in [1.807, 2.05) is 55.0 Å². The Morgan fingerprint density at radius 1 is 1.24 bits per heavy atom. The number of aliphatic hydroxyl groups is 1. The molecule has 0 unspecified atom stereocenters. The average molecular weight is 337 g/mol. The van der Waals surface area contributed by atoms with Crippen molar-refractivity contribution < 1.29 is 5.11 Å². The minimum atomic E-state index is -0.319. The van der Waals surface area contributed by atoms with Crippen LogP contribution in [0.25, 0.3) is 5.65 Å². The molecule has 1 aliphatic rings. The van der Waals surface area contributed by atoms with E-state index in [2.05, 4.69) is 20.0 Å². The molecule has 3 aromatic heterocycles. The third-order valence-corrected chi connectivity index (χ3v) is 4.92. The van der Waals surface area contributed by atoms with E-state index in [1.165, 1.54) is 0 Å². The summed E-state index contributed by atoms with van der Waals surface area (Å²) in [5.41, 5.74) is 5.15. The van der Waals surface area contributed by atoms with E-state index >= 15 is 0 Å². The number of hydrogen-bond acceptors (Lipinski definition) is 5. The van der Waals surface area contributed by atoms with Crippen LogP contribution in [0.4, 0.5) is 0 Å². The Bertz CT molecular complexity index is 876. The molecule has 6 heteroatoms. The summed E-state index contributed by atoms with van der Waals surface area (Å²) in [6.07, 6.45) is 4.20. The van der Waals surface area contributed by atoms with Crippen LogP contribution in [0.5, 0.6) is 0 Å². The minimum absolute atomic E-state index is 0.216. The highest BCUT2D eigenvalue weighted by Gasteiger charge is 2.32. The predicted molar refractivity (Wildman–Crippen MR) is 95.2 cm³/mol. The highest BCUT2D eigenvalue weighted by Crippen LogP contribution is 2.23. The van der Waals surface area contributed by atoms with Gasteiger partial charge in [-0.15, -0.1) is 0 Å². The Morgan fingerprint density at radius 3 is 2.92 bits per heavy atom. The zero-order valence-corrected chi connectivity index (χ0v) is 14.6. The fourth-order valence-corrected chi connectivity index (χ4v) is 3.73.